The topological polar surface area (TPSA) is 44.2 Å². The summed E-state index contributed by atoms with van der Waals surface area (Å²) in [5.74, 6) is 0.126. The van der Waals surface area contributed by atoms with E-state index in [4.69, 9.17) is 9.47 Å². The van der Waals surface area contributed by atoms with E-state index in [1.807, 2.05) is 13.8 Å². The normalized spacial score (nSPS) is 25.2. The third-order valence-corrected chi connectivity index (χ3v) is 2.38. The lowest BCUT2D eigenvalue weighted by molar-refractivity contribution is -0.140. The smallest absolute Gasteiger partial charge is 0.164 e. The summed E-state index contributed by atoms with van der Waals surface area (Å²) in [6.45, 7) is 4.26. The van der Waals surface area contributed by atoms with Gasteiger partial charge in [-0.15, -0.1) is 0 Å². The molecule has 1 fully saturated rings. The van der Waals surface area contributed by atoms with Crippen LogP contribution in [0.2, 0.25) is 0 Å². The highest BCUT2D eigenvalue weighted by molar-refractivity contribution is 9.10. The molecule has 76 valence electrons. The molecule has 5 heteroatoms. The van der Waals surface area contributed by atoms with Gasteiger partial charge in [0.2, 0.25) is 0 Å². The number of nitrogens with zero attached hydrogens (tertiary/aromatic N) is 2. The molecule has 2 heterocycles. The molecule has 0 N–H and O–H groups in total. The molecule has 0 aliphatic carbocycles. The van der Waals surface area contributed by atoms with Crippen LogP contribution in [-0.2, 0) is 9.47 Å². The first kappa shape index (κ1) is 10.0. The lowest BCUT2D eigenvalue weighted by Gasteiger charge is -2.16. The van der Waals surface area contributed by atoms with Gasteiger partial charge >= 0.3 is 0 Å². The van der Waals surface area contributed by atoms with Crippen LogP contribution in [0, 0.1) is 0 Å². The first-order valence-corrected chi connectivity index (χ1v) is 5.16. The summed E-state index contributed by atoms with van der Waals surface area (Å²) >= 11 is 3.29. The fraction of sp³-hybridized carbons (Fsp3) is 0.556. The molecule has 1 unspecified atom stereocenters. The largest absolute Gasteiger partial charge is 0.347 e. The molecule has 1 aromatic heterocycles. The van der Waals surface area contributed by atoms with Crippen LogP contribution in [0.3, 0.4) is 0 Å². The van der Waals surface area contributed by atoms with Crippen molar-refractivity contribution in [3.63, 3.8) is 0 Å². The van der Waals surface area contributed by atoms with Gasteiger partial charge in [0, 0.05) is 6.20 Å². The Morgan fingerprint density at radius 2 is 2.36 bits per heavy atom. The number of aromatic nitrogens is 2. The van der Waals surface area contributed by atoms with Gasteiger partial charge in [-0.2, -0.15) is 0 Å². The molecule has 2 rings (SSSR count). The van der Waals surface area contributed by atoms with Crippen LogP contribution in [0.4, 0.5) is 0 Å². The highest BCUT2D eigenvalue weighted by atomic mass is 79.9. The standard InChI is InChI=1S/C9H11BrN2O2/c1-9(2)13-5-6(14-9)8-11-4-3-7(10)12-8/h3-4,6H,5H2,1-2H3. The van der Waals surface area contributed by atoms with E-state index in [1.54, 1.807) is 12.3 Å². The van der Waals surface area contributed by atoms with E-state index in [-0.39, 0.29) is 6.10 Å². The van der Waals surface area contributed by atoms with E-state index in [0.29, 0.717) is 12.4 Å². The van der Waals surface area contributed by atoms with Gasteiger partial charge in [-0.25, -0.2) is 9.97 Å². The lowest BCUT2D eigenvalue weighted by atomic mass is 10.3. The fourth-order valence-corrected chi connectivity index (χ4v) is 1.62. The molecule has 0 amide bonds. The Balaban J connectivity index is 2.17. The van der Waals surface area contributed by atoms with Crippen molar-refractivity contribution < 1.29 is 9.47 Å². The molecule has 0 spiro atoms. The number of hydrogen-bond acceptors (Lipinski definition) is 4. The predicted molar refractivity (Wildman–Crippen MR) is 53.6 cm³/mol. The summed E-state index contributed by atoms with van der Waals surface area (Å²) < 4.78 is 11.8. The van der Waals surface area contributed by atoms with Gasteiger partial charge in [-0.3, -0.25) is 0 Å². The lowest BCUT2D eigenvalue weighted by Crippen LogP contribution is -2.20. The van der Waals surface area contributed by atoms with Gasteiger partial charge in [0.1, 0.15) is 10.7 Å². The molecule has 1 saturated heterocycles. The number of hydrogen-bond donors (Lipinski definition) is 0. The van der Waals surface area contributed by atoms with E-state index in [0.717, 1.165) is 4.60 Å². The number of ether oxygens (including phenoxy) is 2. The number of rotatable bonds is 1. The Labute approximate surface area is 90.8 Å². The molecule has 1 aromatic rings. The van der Waals surface area contributed by atoms with Crippen LogP contribution in [0.1, 0.15) is 25.8 Å². The molecular weight excluding hydrogens is 248 g/mol. The third-order valence-electron chi connectivity index (χ3n) is 1.94. The third kappa shape index (κ3) is 2.10. The van der Waals surface area contributed by atoms with Crippen LogP contribution in [-0.4, -0.2) is 22.4 Å². The monoisotopic (exact) mass is 258 g/mol. The molecule has 0 aromatic carbocycles. The average molecular weight is 259 g/mol. The zero-order chi connectivity index (χ0) is 10.2. The van der Waals surface area contributed by atoms with Gasteiger partial charge < -0.3 is 9.47 Å². The minimum Gasteiger partial charge on any atom is -0.347 e. The zero-order valence-corrected chi connectivity index (χ0v) is 9.61. The van der Waals surface area contributed by atoms with Gasteiger partial charge in [0.05, 0.1) is 6.61 Å². The second-order valence-electron chi connectivity index (χ2n) is 3.55. The van der Waals surface area contributed by atoms with Crippen LogP contribution in [0.15, 0.2) is 16.9 Å². The summed E-state index contributed by atoms with van der Waals surface area (Å²) in [5, 5.41) is 0. The summed E-state index contributed by atoms with van der Waals surface area (Å²) in [4.78, 5) is 8.36. The fourth-order valence-electron chi connectivity index (χ4n) is 1.32. The second-order valence-corrected chi connectivity index (χ2v) is 4.37. The van der Waals surface area contributed by atoms with Crippen LogP contribution >= 0.6 is 15.9 Å². The van der Waals surface area contributed by atoms with E-state index in [9.17, 15) is 0 Å². The van der Waals surface area contributed by atoms with Crippen molar-refractivity contribution in [2.75, 3.05) is 6.61 Å². The molecule has 0 radical (unpaired) electrons. The average Bonchev–Trinajstić information content (AvgIpc) is 2.46. The van der Waals surface area contributed by atoms with E-state index in [1.165, 1.54) is 0 Å². The molecule has 0 saturated carbocycles. The Hall–Kier alpha value is -0.520. The minimum atomic E-state index is -0.531. The predicted octanol–water partition coefficient (Wildman–Crippen LogP) is 2.06. The Morgan fingerprint density at radius 1 is 1.57 bits per heavy atom. The van der Waals surface area contributed by atoms with Gasteiger partial charge in [0.25, 0.3) is 0 Å². The quantitative estimate of drug-likeness (QED) is 0.724. The molecule has 1 aliphatic heterocycles. The van der Waals surface area contributed by atoms with Crippen molar-refractivity contribution in [1.82, 2.24) is 9.97 Å². The molecule has 14 heavy (non-hydrogen) atoms. The SMILES string of the molecule is CC1(C)OCC(c2nccc(Br)n2)O1. The molecular formula is C9H11BrN2O2. The van der Waals surface area contributed by atoms with Crippen molar-refractivity contribution in [3.8, 4) is 0 Å². The molecule has 4 nitrogen and oxygen atoms in total. The van der Waals surface area contributed by atoms with E-state index >= 15 is 0 Å². The summed E-state index contributed by atoms with van der Waals surface area (Å²) in [5.41, 5.74) is 0. The molecule has 0 bridgehead atoms. The van der Waals surface area contributed by atoms with E-state index < -0.39 is 5.79 Å². The second kappa shape index (κ2) is 3.56. The maximum absolute atomic E-state index is 5.62. The maximum atomic E-state index is 5.62. The van der Waals surface area contributed by atoms with Crippen molar-refractivity contribution in [1.29, 1.82) is 0 Å². The minimum absolute atomic E-state index is 0.164. The van der Waals surface area contributed by atoms with Crippen molar-refractivity contribution in [2.45, 2.75) is 25.7 Å². The molecule has 1 atom stereocenters. The Morgan fingerprint density at radius 3 is 2.93 bits per heavy atom. The van der Waals surface area contributed by atoms with Gasteiger partial charge in [-0.05, 0) is 35.8 Å². The first-order chi connectivity index (χ1) is 6.57. The van der Waals surface area contributed by atoms with Crippen molar-refractivity contribution >= 4 is 15.9 Å². The summed E-state index contributed by atoms with van der Waals surface area (Å²) in [6, 6.07) is 1.78. The van der Waals surface area contributed by atoms with Crippen molar-refractivity contribution in [2.24, 2.45) is 0 Å². The highest BCUT2D eigenvalue weighted by Gasteiger charge is 2.35. The summed E-state index contributed by atoms with van der Waals surface area (Å²) in [7, 11) is 0. The zero-order valence-electron chi connectivity index (χ0n) is 8.03. The van der Waals surface area contributed by atoms with E-state index in [2.05, 4.69) is 25.9 Å². The van der Waals surface area contributed by atoms with Gasteiger partial charge in [-0.1, -0.05) is 0 Å². The molecule has 1 aliphatic rings. The van der Waals surface area contributed by atoms with Crippen LogP contribution in [0.25, 0.3) is 0 Å². The maximum Gasteiger partial charge on any atom is 0.164 e. The Bertz CT molecular complexity index is 343. The highest BCUT2D eigenvalue weighted by Crippen LogP contribution is 2.31. The summed E-state index contributed by atoms with van der Waals surface area (Å²) in [6.07, 6.45) is 1.53. The van der Waals surface area contributed by atoms with Crippen LogP contribution < -0.4 is 0 Å². The first-order valence-electron chi connectivity index (χ1n) is 4.37. The van der Waals surface area contributed by atoms with Gasteiger partial charge in [0.15, 0.2) is 11.6 Å². The van der Waals surface area contributed by atoms with Crippen molar-refractivity contribution in [3.05, 3.63) is 22.7 Å². The Kier molecular flexibility index (Phi) is 2.55. The number of halogens is 1. The van der Waals surface area contributed by atoms with Crippen LogP contribution in [0.5, 0.6) is 0 Å².